The third-order valence-corrected chi connectivity index (χ3v) is 4.28. The van der Waals surface area contributed by atoms with Gasteiger partial charge >= 0.3 is 6.09 Å². The second-order valence-corrected chi connectivity index (χ2v) is 7.21. The Morgan fingerprint density at radius 1 is 1.26 bits per heavy atom. The maximum absolute atomic E-state index is 14.0. The molecular weight excluding hydrogens is 300 g/mol. The average molecular weight is 321 g/mol. The van der Waals surface area contributed by atoms with E-state index in [9.17, 15) is 13.6 Å². The van der Waals surface area contributed by atoms with E-state index in [1.807, 2.05) is 26.8 Å². The molecule has 2 aliphatic heterocycles. The summed E-state index contributed by atoms with van der Waals surface area (Å²) in [5.41, 5.74) is 0.728. The number of nitrogens with zero attached hydrogens (tertiary/aromatic N) is 1. The van der Waals surface area contributed by atoms with Crippen LogP contribution in [0.4, 0.5) is 13.6 Å². The number of carbonyl (C=O) groups is 1. The van der Waals surface area contributed by atoms with Crippen LogP contribution < -0.4 is 0 Å². The fourth-order valence-corrected chi connectivity index (χ4v) is 3.38. The second-order valence-electron chi connectivity index (χ2n) is 7.21. The Balaban J connectivity index is 1.84. The van der Waals surface area contributed by atoms with Gasteiger partial charge in [-0.3, -0.25) is 4.90 Å². The van der Waals surface area contributed by atoms with Crippen LogP contribution in [0.5, 0.6) is 0 Å². The van der Waals surface area contributed by atoms with Crippen molar-refractivity contribution in [1.82, 2.24) is 4.90 Å². The van der Waals surface area contributed by atoms with Crippen LogP contribution in [-0.2, 0) is 4.74 Å². The molecule has 0 aliphatic carbocycles. The molecule has 2 aliphatic rings. The minimum absolute atomic E-state index is 0.0132. The maximum Gasteiger partial charge on any atom is 0.411 e. The number of ether oxygens (including phenoxy) is 1. The van der Waals surface area contributed by atoms with Gasteiger partial charge in [-0.2, -0.15) is 0 Å². The van der Waals surface area contributed by atoms with E-state index in [0.29, 0.717) is 12.0 Å². The van der Waals surface area contributed by atoms with Gasteiger partial charge in [0.1, 0.15) is 17.2 Å². The van der Waals surface area contributed by atoms with Crippen molar-refractivity contribution in [3.8, 4) is 0 Å². The van der Waals surface area contributed by atoms with Gasteiger partial charge in [-0.15, -0.1) is 0 Å². The monoisotopic (exact) mass is 321 g/mol. The number of halogens is 2. The van der Waals surface area contributed by atoms with Crippen molar-refractivity contribution in [1.29, 1.82) is 0 Å². The Labute approximate surface area is 134 Å². The van der Waals surface area contributed by atoms with Crippen molar-refractivity contribution in [3.63, 3.8) is 0 Å². The fraction of sp³-hybridized carbons (Fsp3) is 0.500. The number of rotatable bonds is 1. The van der Waals surface area contributed by atoms with E-state index >= 15 is 0 Å². The molecular formula is C18H21F2NO2. The summed E-state index contributed by atoms with van der Waals surface area (Å²) in [5, 5.41) is 0. The van der Waals surface area contributed by atoms with Crippen molar-refractivity contribution in [2.75, 3.05) is 0 Å². The van der Waals surface area contributed by atoms with Crippen molar-refractivity contribution >= 4 is 11.7 Å². The predicted molar refractivity (Wildman–Crippen MR) is 83.8 cm³/mol. The summed E-state index contributed by atoms with van der Waals surface area (Å²) in [4.78, 5) is 14.1. The number of benzene rings is 1. The first-order valence-electron chi connectivity index (χ1n) is 7.92. The van der Waals surface area contributed by atoms with Crippen LogP contribution in [0, 0.1) is 11.6 Å². The summed E-state index contributed by atoms with van der Waals surface area (Å²) in [6.07, 6.45) is 3.88. The molecule has 1 aromatic rings. The van der Waals surface area contributed by atoms with E-state index in [2.05, 4.69) is 0 Å². The molecule has 1 saturated heterocycles. The Bertz CT molecular complexity index is 663. The molecule has 0 saturated carbocycles. The first-order valence-corrected chi connectivity index (χ1v) is 7.92. The lowest BCUT2D eigenvalue weighted by atomic mass is 9.94. The smallest absolute Gasteiger partial charge is 0.411 e. The lowest BCUT2D eigenvalue weighted by Gasteiger charge is -2.35. The first kappa shape index (κ1) is 16.0. The summed E-state index contributed by atoms with van der Waals surface area (Å²) in [6, 6.07) is 3.57. The molecule has 5 heteroatoms. The summed E-state index contributed by atoms with van der Waals surface area (Å²) in [6.45, 7) is 5.52. The molecule has 2 unspecified atom stereocenters. The highest BCUT2D eigenvalue weighted by Gasteiger charge is 2.41. The van der Waals surface area contributed by atoms with Gasteiger partial charge in [-0.25, -0.2) is 13.6 Å². The SMILES string of the molecule is CC(C)(C)OC(=O)N1C2C=C(c3ccc(F)cc3F)CC1CC2. The van der Waals surface area contributed by atoms with E-state index in [0.717, 1.165) is 24.5 Å². The van der Waals surface area contributed by atoms with Gasteiger partial charge in [0.25, 0.3) is 0 Å². The van der Waals surface area contributed by atoms with Gasteiger partial charge in [0, 0.05) is 17.7 Å². The lowest BCUT2D eigenvalue weighted by molar-refractivity contribution is 0.0175. The van der Waals surface area contributed by atoms with Crippen molar-refractivity contribution in [2.24, 2.45) is 0 Å². The topological polar surface area (TPSA) is 29.5 Å². The van der Waals surface area contributed by atoms with E-state index in [1.165, 1.54) is 12.1 Å². The highest BCUT2D eigenvalue weighted by atomic mass is 19.1. The van der Waals surface area contributed by atoms with E-state index in [1.54, 1.807) is 4.90 Å². The van der Waals surface area contributed by atoms with E-state index < -0.39 is 17.2 Å². The van der Waals surface area contributed by atoms with Crippen molar-refractivity contribution < 1.29 is 18.3 Å². The van der Waals surface area contributed by atoms with Crippen LogP contribution in [0.1, 0.15) is 45.6 Å². The molecule has 0 N–H and O–H groups in total. The number of fused-ring (bicyclic) bond motifs is 2. The molecule has 1 amide bonds. The van der Waals surface area contributed by atoms with Gasteiger partial charge < -0.3 is 4.74 Å². The molecule has 2 heterocycles. The minimum atomic E-state index is -0.582. The first-order chi connectivity index (χ1) is 10.7. The summed E-state index contributed by atoms with van der Waals surface area (Å²) < 4.78 is 32.6. The van der Waals surface area contributed by atoms with Crippen LogP contribution in [-0.4, -0.2) is 28.7 Å². The predicted octanol–water partition coefficient (Wildman–Crippen LogP) is 4.52. The van der Waals surface area contributed by atoms with Crippen molar-refractivity contribution in [2.45, 2.75) is 57.7 Å². The molecule has 0 spiro atoms. The molecule has 23 heavy (non-hydrogen) atoms. The number of hydrogen-bond donors (Lipinski definition) is 0. The van der Waals surface area contributed by atoms with Gasteiger partial charge in [0.2, 0.25) is 0 Å². The molecule has 2 bridgehead atoms. The Kier molecular flexibility index (Phi) is 3.90. The molecule has 1 aromatic carbocycles. The van der Waals surface area contributed by atoms with Gasteiger partial charge in [-0.05, 0) is 57.7 Å². The Hall–Kier alpha value is -1.91. The zero-order valence-corrected chi connectivity index (χ0v) is 13.6. The molecule has 124 valence electrons. The normalized spacial score (nSPS) is 23.7. The van der Waals surface area contributed by atoms with Crippen molar-refractivity contribution in [3.05, 3.63) is 41.5 Å². The summed E-state index contributed by atoms with van der Waals surface area (Å²) in [5.74, 6) is -1.14. The number of amides is 1. The van der Waals surface area contributed by atoms with E-state index in [-0.39, 0.29) is 18.2 Å². The van der Waals surface area contributed by atoms with Crippen LogP contribution in [0.2, 0.25) is 0 Å². The fourth-order valence-electron chi connectivity index (χ4n) is 3.38. The minimum Gasteiger partial charge on any atom is -0.444 e. The summed E-state index contributed by atoms with van der Waals surface area (Å²) >= 11 is 0. The molecule has 3 nitrogen and oxygen atoms in total. The third-order valence-electron chi connectivity index (χ3n) is 4.28. The Morgan fingerprint density at radius 2 is 2.00 bits per heavy atom. The summed E-state index contributed by atoms with van der Waals surface area (Å²) in [7, 11) is 0. The quantitative estimate of drug-likeness (QED) is 0.761. The average Bonchev–Trinajstić information content (AvgIpc) is 2.68. The van der Waals surface area contributed by atoms with Crippen LogP contribution >= 0.6 is 0 Å². The molecule has 1 fully saturated rings. The zero-order chi connectivity index (χ0) is 16.8. The van der Waals surface area contributed by atoms with Gasteiger partial charge in [0.05, 0.1) is 6.04 Å². The van der Waals surface area contributed by atoms with Crippen LogP contribution in [0.15, 0.2) is 24.3 Å². The zero-order valence-electron chi connectivity index (χ0n) is 13.6. The largest absolute Gasteiger partial charge is 0.444 e. The second kappa shape index (κ2) is 5.62. The molecule has 0 aromatic heterocycles. The lowest BCUT2D eigenvalue weighted by Crippen LogP contribution is -2.45. The Morgan fingerprint density at radius 3 is 2.61 bits per heavy atom. The van der Waals surface area contributed by atoms with Gasteiger partial charge in [0.15, 0.2) is 0 Å². The van der Waals surface area contributed by atoms with Crippen LogP contribution in [0.25, 0.3) is 5.57 Å². The van der Waals surface area contributed by atoms with E-state index in [4.69, 9.17) is 4.74 Å². The molecule has 3 rings (SSSR count). The van der Waals surface area contributed by atoms with Crippen LogP contribution in [0.3, 0.4) is 0 Å². The highest BCUT2D eigenvalue weighted by molar-refractivity contribution is 5.75. The molecule has 0 radical (unpaired) electrons. The third kappa shape index (κ3) is 3.23. The number of carbonyl (C=O) groups excluding carboxylic acids is 1. The van der Waals surface area contributed by atoms with Gasteiger partial charge in [-0.1, -0.05) is 6.08 Å². The standard InChI is InChI=1S/C18H21F2NO2/c1-18(2,3)23-17(22)21-13-5-6-14(21)9-11(8-13)15-7-4-12(19)10-16(15)20/h4,7-8,10,13-14H,5-6,9H2,1-3H3. The number of hydrogen-bond acceptors (Lipinski definition) is 2. The highest BCUT2D eigenvalue weighted by Crippen LogP contribution is 2.39. The molecule has 2 atom stereocenters. The maximum atomic E-state index is 14.0.